The Bertz CT molecular complexity index is 457. The Morgan fingerprint density at radius 1 is 1.24 bits per heavy atom. The Kier molecular flexibility index (Phi) is 3.94. The van der Waals surface area contributed by atoms with Crippen molar-refractivity contribution >= 4 is 0 Å². The lowest BCUT2D eigenvalue weighted by molar-refractivity contribution is 0.805. The van der Waals surface area contributed by atoms with Crippen molar-refractivity contribution in [2.75, 3.05) is 6.54 Å². The second-order valence-electron chi connectivity index (χ2n) is 4.20. The summed E-state index contributed by atoms with van der Waals surface area (Å²) in [6, 6.07) is 8.68. The average molecular weight is 229 g/mol. The van der Waals surface area contributed by atoms with Crippen molar-refractivity contribution in [2.24, 2.45) is 5.73 Å². The van der Waals surface area contributed by atoms with Gasteiger partial charge in [0.05, 0.1) is 6.20 Å². The number of aryl methyl sites for hydroxylation is 2. The summed E-state index contributed by atoms with van der Waals surface area (Å²) in [6.07, 6.45) is 4.92. The first-order chi connectivity index (χ1) is 8.35. The van der Waals surface area contributed by atoms with Crippen LogP contribution in [0.5, 0.6) is 0 Å². The lowest BCUT2D eigenvalue weighted by Crippen LogP contribution is -2.01. The van der Waals surface area contributed by atoms with Gasteiger partial charge in [0.15, 0.2) is 0 Å². The van der Waals surface area contributed by atoms with Crippen LogP contribution in [0.25, 0.3) is 11.1 Å². The number of aromatic amines is 1. The number of nitrogens with zero attached hydrogens (tertiary/aromatic N) is 1. The normalized spacial score (nSPS) is 10.7. The van der Waals surface area contributed by atoms with Crippen LogP contribution in [0.2, 0.25) is 0 Å². The number of benzene rings is 1. The summed E-state index contributed by atoms with van der Waals surface area (Å²) in [6.45, 7) is 2.88. The minimum Gasteiger partial charge on any atom is -0.330 e. The summed E-state index contributed by atoms with van der Waals surface area (Å²) in [5.41, 5.74) is 10.5. The van der Waals surface area contributed by atoms with Gasteiger partial charge in [-0.3, -0.25) is 5.10 Å². The molecule has 2 aromatic rings. The second-order valence-corrected chi connectivity index (χ2v) is 4.20. The van der Waals surface area contributed by atoms with Crippen LogP contribution in [-0.2, 0) is 12.8 Å². The van der Waals surface area contributed by atoms with Crippen LogP contribution >= 0.6 is 0 Å². The molecule has 0 fully saturated rings. The van der Waals surface area contributed by atoms with Gasteiger partial charge in [-0.05, 0) is 36.9 Å². The van der Waals surface area contributed by atoms with Crippen LogP contribution in [0.3, 0.4) is 0 Å². The van der Waals surface area contributed by atoms with Crippen LogP contribution in [0.1, 0.15) is 24.6 Å². The minimum absolute atomic E-state index is 0.716. The third kappa shape index (κ3) is 2.74. The van der Waals surface area contributed by atoms with Gasteiger partial charge in [-0.2, -0.15) is 5.10 Å². The van der Waals surface area contributed by atoms with Crippen LogP contribution in [-0.4, -0.2) is 16.7 Å². The van der Waals surface area contributed by atoms with E-state index in [2.05, 4.69) is 41.4 Å². The standard InChI is InChI=1S/C14H19N3/c1-2-11-5-7-12(8-6-11)13-10-16-17-14(13)4-3-9-15/h5-8,10H,2-4,9,15H2,1H3,(H,16,17). The van der Waals surface area contributed by atoms with Crippen molar-refractivity contribution in [2.45, 2.75) is 26.2 Å². The van der Waals surface area contributed by atoms with E-state index in [9.17, 15) is 0 Å². The molecule has 0 radical (unpaired) electrons. The van der Waals surface area contributed by atoms with E-state index >= 15 is 0 Å². The summed E-state index contributed by atoms with van der Waals surface area (Å²) in [5, 5.41) is 7.19. The molecule has 0 saturated heterocycles. The van der Waals surface area contributed by atoms with Gasteiger partial charge < -0.3 is 5.73 Å². The minimum atomic E-state index is 0.716. The zero-order chi connectivity index (χ0) is 12.1. The molecule has 17 heavy (non-hydrogen) atoms. The first kappa shape index (κ1) is 11.9. The maximum atomic E-state index is 5.54. The predicted octanol–water partition coefficient (Wildman–Crippen LogP) is 2.53. The van der Waals surface area contributed by atoms with E-state index in [0.29, 0.717) is 6.54 Å². The molecule has 2 rings (SSSR count). The lowest BCUT2D eigenvalue weighted by Gasteiger charge is -2.04. The van der Waals surface area contributed by atoms with Crippen LogP contribution < -0.4 is 5.73 Å². The summed E-state index contributed by atoms with van der Waals surface area (Å²) in [7, 11) is 0. The highest BCUT2D eigenvalue weighted by atomic mass is 15.1. The number of nitrogens with two attached hydrogens (primary N) is 1. The van der Waals surface area contributed by atoms with Gasteiger partial charge in [-0.1, -0.05) is 31.2 Å². The molecule has 0 atom stereocenters. The predicted molar refractivity (Wildman–Crippen MR) is 70.8 cm³/mol. The van der Waals surface area contributed by atoms with Crippen LogP contribution in [0.4, 0.5) is 0 Å². The van der Waals surface area contributed by atoms with Gasteiger partial charge in [0.25, 0.3) is 0 Å². The number of rotatable bonds is 5. The molecular weight excluding hydrogens is 210 g/mol. The van der Waals surface area contributed by atoms with Crippen molar-refractivity contribution in [3.05, 3.63) is 41.7 Å². The maximum absolute atomic E-state index is 5.54. The van der Waals surface area contributed by atoms with E-state index in [1.165, 1.54) is 22.4 Å². The molecule has 0 unspecified atom stereocenters. The van der Waals surface area contributed by atoms with Crippen LogP contribution in [0, 0.1) is 0 Å². The van der Waals surface area contributed by atoms with E-state index < -0.39 is 0 Å². The highest BCUT2D eigenvalue weighted by Crippen LogP contribution is 2.23. The first-order valence-corrected chi connectivity index (χ1v) is 6.16. The third-order valence-corrected chi connectivity index (χ3v) is 3.02. The smallest absolute Gasteiger partial charge is 0.0568 e. The highest BCUT2D eigenvalue weighted by molar-refractivity contribution is 5.65. The SMILES string of the molecule is CCc1ccc(-c2cn[nH]c2CCCN)cc1. The molecule has 1 aromatic carbocycles. The fourth-order valence-electron chi connectivity index (χ4n) is 1.95. The van der Waals surface area contributed by atoms with Crippen molar-refractivity contribution in [1.82, 2.24) is 10.2 Å². The second kappa shape index (κ2) is 5.64. The Balaban J connectivity index is 2.23. The molecule has 0 aliphatic heterocycles. The number of nitrogens with one attached hydrogen (secondary N) is 1. The number of hydrogen-bond acceptors (Lipinski definition) is 2. The number of aromatic nitrogens is 2. The van der Waals surface area contributed by atoms with E-state index in [1.807, 2.05) is 6.20 Å². The molecule has 0 aliphatic rings. The molecule has 3 N–H and O–H groups in total. The number of H-pyrrole nitrogens is 1. The lowest BCUT2D eigenvalue weighted by atomic mass is 10.0. The molecule has 0 aliphatic carbocycles. The summed E-state index contributed by atoms with van der Waals surface area (Å²) in [4.78, 5) is 0. The number of hydrogen-bond donors (Lipinski definition) is 2. The van der Waals surface area contributed by atoms with Gasteiger partial charge in [-0.25, -0.2) is 0 Å². The molecule has 0 amide bonds. The van der Waals surface area contributed by atoms with Crippen LogP contribution in [0.15, 0.2) is 30.5 Å². The van der Waals surface area contributed by atoms with Gasteiger partial charge in [0, 0.05) is 11.3 Å². The summed E-state index contributed by atoms with van der Waals surface area (Å²) >= 11 is 0. The molecule has 0 spiro atoms. The molecule has 1 heterocycles. The van der Waals surface area contributed by atoms with E-state index in [4.69, 9.17) is 5.73 Å². The maximum Gasteiger partial charge on any atom is 0.0568 e. The van der Waals surface area contributed by atoms with Crippen molar-refractivity contribution in [1.29, 1.82) is 0 Å². The molecule has 0 bridgehead atoms. The largest absolute Gasteiger partial charge is 0.330 e. The summed E-state index contributed by atoms with van der Waals surface area (Å²) in [5.74, 6) is 0. The van der Waals surface area contributed by atoms with Gasteiger partial charge in [0.1, 0.15) is 0 Å². The third-order valence-electron chi connectivity index (χ3n) is 3.02. The highest BCUT2D eigenvalue weighted by Gasteiger charge is 2.06. The Labute approximate surface area is 102 Å². The quantitative estimate of drug-likeness (QED) is 0.827. The first-order valence-electron chi connectivity index (χ1n) is 6.16. The van der Waals surface area contributed by atoms with E-state index in [0.717, 1.165) is 19.3 Å². The van der Waals surface area contributed by atoms with Crippen molar-refractivity contribution < 1.29 is 0 Å². The molecule has 3 nitrogen and oxygen atoms in total. The monoisotopic (exact) mass is 229 g/mol. The zero-order valence-corrected chi connectivity index (χ0v) is 10.2. The fourth-order valence-corrected chi connectivity index (χ4v) is 1.95. The Hall–Kier alpha value is -1.61. The summed E-state index contributed by atoms with van der Waals surface area (Å²) < 4.78 is 0. The fraction of sp³-hybridized carbons (Fsp3) is 0.357. The Morgan fingerprint density at radius 3 is 2.65 bits per heavy atom. The van der Waals surface area contributed by atoms with Gasteiger partial charge in [-0.15, -0.1) is 0 Å². The molecule has 90 valence electrons. The van der Waals surface area contributed by atoms with Crippen molar-refractivity contribution in [3.8, 4) is 11.1 Å². The van der Waals surface area contributed by atoms with Crippen molar-refractivity contribution in [3.63, 3.8) is 0 Å². The topological polar surface area (TPSA) is 54.7 Å². The molecule has 0 saturated carbocycles. The van der Waals surface area contributed by atoms with Gasteiger partial charge >= 0.3 is 0 Å². The zero-order valence-electron chi connectivity index (χ0n) is 10.2. The molecule has 3 heteroatoms. The van der Waals surface area contributed by atoms with E-state index in [1.54, 1.807) is 0 Å². The average Bonchev–Trinajstić information content (AvgIpc) is 2.84. The van der Waals surface area contributed by atoms with Gasteiger partial charge in [0.2, 0.25) is 0 Å². The Morgan fingerprint density at radius 2 is 2.00 bits per heavy atom. The molecular formula is C14H19N3. The van der Waals surface area contributed by atoms with E-state index in [-0.39, 0.29) is 0 Å². The molecule has 1 aromatic heterocycles.